The van der Waals surface area contributed by atoms with Crippen LogP contribution >= 0.6 is 0 Å². The highest BCUT2D eigenvalue weighted by Crippen LogP contribution is 2.28. The van der Waals surface area contributed by atoms with E-state index >= 15 is 0 Å². The van der Waals surface area contributed by atoms with Gasteiger partial charge in [-0.1, -0.05) is 24.3 Å². The highest BCUT2D eigenvalue weighted by Gasteiger charge is 2.24. The lowest BCUT2D eigenvalue weighted by atomic mass is 10.3. The summed E-state index contributed by atoms with van der Waals surface area (Å²) in [5.74, 6) is -0.815. The Bertz CT molecular complexity index is 1270. The lowest BCUT2D eigenvalue weighted by molar-refractivity contribution is -0.150. The maximum atomic E-state index is 13.6. The summed E-state index contributed by atoms with van der Waals surface area (Å²) >= 11 is 0. The van der Waals surface area contributed by atoms with E-state index in [1.165, 1.54) is 17.6 Å². The Morgan fingerprint density at radius 3 is 2.45 bits per heavy atom. The van der Waals surface area contributed by atoms with Crippen molar-refractivity contribution in [2.45, 2.75) is 26.1 Å². The second-order valence-electron chi connectivity index (χ2n) is 6.41. The normalized spacial score (nSPS) is 12.6. The Labute approximate surface area is 163 Å². The third-order valence-corrected chi connectivity index (χ3v) is 4.53. The number of aromatic nitrogens is 4. The van der Waals surface area contributed by atoms with E-state index in [2.05, 4.69) is 9.97 Å². The number of fused-ring (bicyclic) bond motifs is 2. The molecule has 1 unspecified atom stereocenters. The van der Waals surface area contributed by atoms with Crippen molar-refractivity contribution in [1.29, 1.82) is 0 Å². The fourth-order valence-corrected chi connectivity index (χ4v) is 3.25. The van der Waals surface area contributed by atoms with Gasteiger partial charge in [0, 0.05) is 0 Å². The molecule has 0 saturated heterocycles. The summed E-state index contributed by atoms with van der Waals surface area (Å²) in [4.78, 5) is 32.8. The number of nitrogens with zero attached hydrogens (tertiary/aromatic N) is 4. The standard InChI is InChI=1S/C20H16F2N4O3/c1-12(19-24-14-7-3-5-9-16(14)26(19)20(21)22)29-18(28)11-25-15-8-4-2-6-13(15)23-10-17(25)27/h2-10,12,20H,11H2,1H3. The Morgan fingerprint density at radius 2 is 1.72 bits per heavy atom. The molecule has 2 heterocycles. The molecule has 0 aliphatic heterocycles. The van der Waals surface area contributed by atoms with Crippen molar-refractivity contribution < 1.29 is 18.3 Å². The monoisotopic (exact) mass is 398 g/mol. The summed E-state index contributed by atoms with van der Waals surface area (Å²) in [7, 11) is 0. The summed E-state index contributed by atoms with van der Waals surface area (Å²) < 4.78 is 34.5. The Kier molecular flexibility index (Phi) is 4.79. The van der Waals surface area contributed by atoms with Gasteiger partial charge in [0.2, 0.25) is 0 Å². The Balaban J connectivity index is 1.62. The zero-order chi connectivity index (χ0) is 20.5. The molecule has 0 aliphatic rings. The molecule has 4 rings (SSSR count). The van der Waals surface area contributed by atoms with Crippen molar-refractivity contribution in [1.82, 2.24) is 19.1 Å². The predicted molar refractivity (Wildman–Crippen MR) is 101 cm³/mol. The van der Waals surface area contributed by atoms with Crippen molar-refractivity contribution in [3.05, 3.63) is 70.9 Å². The smallest absolute Gasteiger partial charge is 0.326 e. The number of para-hydroxylation sites is 4. The molecule has 7 nitrogen and oxygen atoms in total. The van der Waals surface area contributed by atoms with Crippen molar-refractivity contribution in [3.8, 4) is 0 Å². The summed E-state index contributed by atoms with van der Waals surface area (Å²) in [6.45, 7) is -1.75. The average Bonchev–Trinajstić information content (AvgIpc) is 3.10. The van der Waals surface area contributed by atoms with Gasteiger partial charge in [-0.25, -0.2) is 9.97 Å². The lowest BCUT2D eigenvalue weighted by Gasteiger charge is -2.16. The maximum absolute atomic E-state index is 13.6. The minimum Gasteiger partial charge on any atom is -0.453 e. The molecule has 0 radical (unpaired) electrons. The molecule has 0 aliphatic carbocycles. The summed E-state index contributed by atoms with van der Waals surface area (Å²) in [5, 5.41) is 0. The van der Waals surface area contributed by atoms with E-state index in [0.717, 1.165) is 10.8 Å². The van der Waals surface area contributed by atoms with Gasteiger partial charge in [-0.2, -0.15) is 8.78 Å². The van der Waals surface area contributed by atoms with Crippen LogP contribution in [0.5, 0.6) is 0 Å². The highest BCUT2D eigenvalue weighted by atomic mass is 19.3. The van der Waals surface area contributed by atoms with Gasteiger partial charge in [0.25, 0.3) is 5.56 Å². The highest BCUT2D eigenvalue weighted by molar-refractivity contribution is 5.78. The zero-order valence-electron chi connectivity index (χ0n) is 15.3. The molecular formula is C20H16F2N4O3. The predicted octanol–water partition coefficient (Wildman–Crippen LogP) is 3.45. The van der Waals surface area contributed by atoms with Gasteiger partial charge in [-0.05, 0) is 31.2 Å². The van der Waals surface area contributed by atoms with Crippen molar-refractivity contribution in [2.75, 3.05) is 0 Å². The van der Waals surface area contributed by atoms with E-state index < -0.39 is 24.2 Å². The van der Waals surface area contributed by atoms with Crippen LogP contribution in [-0.2, 0) is 16.1 Å². The molecule has 0 spiro atoms. The third kappa shape index (κ3) is 3.46. The largest absolute Gasteiger partial charge is 0.453 e. The van der Waals surface area contributed by atoms with Crippen LogP contribution in [0, 0.1) is 0 Å². The molecule has 0 fully saturated rings. The molecule has 9 heteroatoms. The lowest BCUT2D eigenvalue weighted by Crippen LogP contribution is -2.26. The minimum absolute atomic E-state index is 0.0681. The van der Waals surface area contributed by atoms with Crippen LogP contribution in [0.1, 0.15) is 25.4 Å². The van der Waals surface area contributed by atoms with Crippen LogP contribution in [0.3, 0.4) is 0 Å². The number of alkyl halides is 2. The number of hydrogen-bond acceptors (Lipinski definition) is 5. The van der Waals surface area contributed by atoms with Crippen LogP contribution in [0.15, 0.2) is 59.5 Å². The van der Waals surface area contributed by atoms with E-state index in [4.69, 9.17) is 4.74 Å². The molecule has 0 saturated carbocycles. The van der Waals surface area contributed by atoms with Gasteiger partial charge in [-0.15, -0.1) is 0 Å². The maximum Gasteiger partial charge on any atom is 0.326 e. The fourth-order valence-electron chi connectivity index (χ4n) is 3.25. The third-order valence-electron chi connectivity index (χ3n) is 4.53. The molecule has 29 heavy (non-hydrogen) atoms. The van der Waals surface area contributed by atoms with Crippen molar-refractivity contribution in [2.24, 2.45) is 0 Å². The average molecular weight is 398 g/mol. The summed E-state index contributed by atoms with van der Waals surface area (Å²) in [6.07, 6.45) is 0.0858. The molecule has 2 aromatic carbocycles. The second-order valence-corrected chi connectivity index (χ2v) is 6.41. The van der Waals surface area contributed by atoms with Gasteiger partial charge < -0.3 is 4.74 Å². The molecule has 4 aromatic rings. The van der Waals surface area contributed by atoms with Gasteiger partial charge >= 0.3 is 12.5 Å². The van der Waals surface area contributed by atoms with E-state index in [9.17, 15) is 18.4 Å². The van der Waals surface area contributed by atoms with Gasteiger partial charge in [-0.3, -0.25) is 18.7 Å². The molecule has 0 amide bonds. The number of benzene rings is 2. The van der Waals surface area contributed by atoms with Gasteiger partial charge in [0.15, 0.2) is 11.9 Å². The van der Waals surface area contributed by atoms with Crippen molar-refractivity contribution >= 4 is 28.0 Å². The zero-order valence-corrected chi connectivity index (χ0v) is 15.3. The number of imidazole rings is 1. The van der Waals surface area contributed by atoms with Crippen LogP contribution < -0.4 is 5.56 Å². The van der Waals surface area contributed by atoms with Crippen LogP contribution in [0.25, 0.3) is 22.1 Å². The van der Waals surface area contributed by atoms with Crippen LogP contribution in [-0.4, -0.2) is 25.1 Å². The molecule has 0 bridgehead atoms. The molecule has 1 atom stereocenters. The Hall–Kier alpha value is -3.62. The topological polar surface area (TPSA) is 79.0 Å². The van der Waals surface area contributed by atoms with E-state index in [1.54, 1.807) is 42.5 Å². The van der Waals surface area contributed by atoms with E-state index in [0.29, 0.717) is 16.6 Å². The number of esters is 1. The summed E-state index contributed by atoms with van der Waals surface area (Å²) in [6, 6.07) is 13.3. The molecule has 148 valence electrons. The first-order valence-electron chi connectivity index (χ1n) is 8.85. The van der Waals surface area contributed by atoms with Gasteiger partial charge in [0.1, 0.15) is 6.54 Å². The minimum atomic E-state index is -2.84. The van der Waals surface area contributed by atoms with Crippen LogP contribution in [0.4, 0.5) is 8.78 Å². The first-order valence-corrected chi connectivity index (χ1v) is 8.85. The number of carbonyl (C=O) groups excluding carboxylic acids is 1. The molecule has 2 aromatic heterocycles. The molecular weight excluding hydrogens is 382 g/mol. The molecule has 0 N–H and O–H groups in total. The Morgan fingerprint density at radius 1 is 1.07 bits per heavy atom. The number of rotatable bonds is 5. The number of ether oxygens (including phenoxy) is 1. The number of carbonyl (C=O) groups is 1. The fraction of sp³-hybridized carbons (Fsp3) is 0.200. The first-order chi connectivity index (χ1) is 14.0. The summed E-state index contributed by atoms with van der Waals surface area (Å²) in [5.41, 5.74) is 1.18. The SMILES string of the molecule is CC(OC(=O)Cn1c(=O)cnc2ccccc21)c1nc2ccccc2n1C(F)F. The second kappa shape index (κ2) is 7.42. The van der Waals surface area contributed by atoms with E-state index in [1.807, 2.05) is 0 Å². The number of hydrogen-bond donors (Lipinski definition) is 0. The first kappa shape index (κ1) is 18.7. The quantitative estimate of drug-likeness (QED) is 0.481. The van der Waals surface area contributed by atoms with Crippen molar-refractivity contribution in [3.63, 3.8) is 0 Å². The number of halogens is 2. The van der Waals surface area contributed by atoms with Crippen LogP contribution in [0.2, 0.25) is 0 Å². The van der Waals surface area contributed by atoms with E-state index in [-0.39, 0.29) is 17.9 Å². The van der Waals surface area contributed by atoms with Gasteiger partial charge in [0.05, 0.1) is 28.3 Å².